The number of nitro groups is 2. The van der Waals surface area contributed by atoms with Crippen LogP contribution >= 0.6 is 23.2 Å². The Balaban J connectivity index is 2.68. The number of hydrogen-bond acceptors (Lipinski definition) is 6. The van der Waals surface area contributed by atoms with Crippen LogP contribution in [0.3, 0.4) is 0 Å². The predicted molar refractivity (Wildman–Crippen MR) is 82.0 cm³/mol. The number of nitrogens with zero attached hydrogens (tertiary/aromatic N) is 2. The van der Waals surface area contributed by atoms with E-state index in [9.17, 15) is 30.4 Å². The summed E-state index contributed by atoms with van der Waals surface area (Å²) in [6.45, 7) is 0. The number of phenolic OH excluding ortho intramolecular Hbond substituents is 2. The number of alkyl halides is 2. The standard InChI is InChI=1S/C13H8Cl2N2O6/c14-13(15,8-2-1-3-10(12(8)19)17(22)23)9-6-7(16(20)21)4-5-11(9)18/h1-6,18-19H. The Hall–Kier alpha value is -2.58. The van der Waals surface area contributed by atoms with E-state index >= 15 is 0 Å². The van der Waals surface area contributed by atoms with E-state index in [1.165, 1.54) is 12.1 Å². The van der Waals surface area contributed by atoms with Crippen LogP contribution in [0.4, 0.5) is 11.4 Å². The average molecular weight is 359 g/mol. The summed E-state index contributed by atoms with van der Waals surface area (Å²) >= 11 is 12.3. The smallest absolute Gasteiger partial charge is 0.311 e. The summed E-state index contributed by atoms with van der Waals surface area (Å²) in [7, 11) is 0. The van der Waals surface area contributed by atoms with Gasteiger partial charge < -0.3 is 10.2 Å². The van der Waals surface area contributed by atoms with Crippen molar-refractivity contribution in [3.63, 3.8) is 0 Å². The molecule has 0 heterocycles. The summed E-state index contributed by atoms with van der Waals surface area (Å²) in [5, 5.41) is 41.6. The summed E-state index contributed by atoms with van der Waals surface area (Å²) in [4.78, 5) is 20.1. The van der Waals surface area contributed by atoms with E-state index in [0.717, 1.165) is 24.3 Å². The molecular formula is C13H8Cl2N2O6. The summed E-state index contributed by atoms with van der Waals surface area (Å²) in [6.07, 6.45) is 0. The van der Waals surface area contributed by atoms with Gasteiger partial charge in [-0.2, -0.15) is 0 Å². The molecule has 2 N–H and O–H groups in total. The van der Waals surface area contributed by atoms with Gasteiger partial charge >= 0.3 is 5.69 Å². The number of phenols is 2. The van der Waals surface area contributed by atoms with Crippen molar-refractivity contribution < 1.29 is 20.1 Å². The lowest BCUT2D eigenvalue weighted by atomic mass is 10.0. The summed E-state index contributed by atoms with van der Waals surface area (Å²) < 4.78 is -2.15. The maximum atomic E-state index is 10.9. The fraction of sp³-hybridized carbons (Fsp3) is 0.0769. The van der Waals surface area contributed by atoms with Gasteiger partial charge in [-0.3, -0.25) is 20.2 Å². The van der Waals surface area contributed by atoms with Crippen molar-refractivity contribution in [1.82, 2.24) is 0 Å². The van der Waals surface area contributed by atoms with Crippen molar-refractivity contribution in [2.45, 2.75) is 4.33 Å². The Morgan fingerprint density at radius 1 is 0.957 bits per heavy atom. The molecule has 0 saturated carbocycles. The van der Waals surface area contributed by atoms with Crippen molar-refractivity contribution in [3.8, 4) is 11.5 Å². The molecule has 2 aromatic rings. The number of benzene rings is 2. The van der Waals surface area contributed by atoms with Crippen LogP contribution < -0.4 is 0 Å². The molecule has 23 heavy (non-hydrogen) atoms. The zero-order chi connectivity index (χ0) is 17.4. The van der Waals surface area contributed by atoms with E-state index in [-0.39, 0.29) is 11.1 Å². The minimum Gasteiger partial charge on any atom is -0.508 e. The maximum absolute atomic E-state index is 10.9. The lowest BCUT2D eigenvalue weighted by Crippen LogP contribution is -2.14. The number of nitro benzene ring substituents is 2. The largest absolute Gasteiger partial charge is 0.508 e. The molecule has 10 heteroatoms. The molecule has 0 atom stereocenters. The first-order valence-electron chi connectivity index (χ1n) is 5.98. The normalized spacial score (nSPS) is 11.2. The molecule has 0 aromatic heterocycles. The quantitative estimate of drug-likeness (QED) is 0.488. The van der Waals surface area contributed by atoms with Crippen molar-refractivity contribution in [2.75, 3.05) is 0 Å². The maximum Gasteiger partial charge on any atom is 0.311 e. The van der Waals surface area contributed by atoms with Gasteiger partial charge in [-0.05, 0) is 6.07 Å². The molecule has 0 aliphatic carbocycles. The highest BCUT2D eigenvalue weighted by atomic mass is 35.5. The van der Waals surface area contributed by atoms with Gasteiger partial charge in [0.25, 0.3) is 5.69 Å². The molecule has 0 radical (unpaired) electrons. The highest BCUT2D eigenvalue weighted by Crippen LogP contribution is 2.50. The van der Waals surface area contributed by atoms with Crippen molar-refractivity contribution in [3.05, 3.63) is 67.8 Å². The molecule has 0 aliphatic rings. The van der Waals surface area contributed by atoms with Gasteiger partial charge in [0.05, 0.1) is 9.85 Å². The van der Waals surface area contributed by atoms with Gasteiger partial charge in [-0.1, -0.05) is 35.3 Å². The van der Waals surface area contributed by atoms with E-state index in [1.54, 1.807) is 0 Å². The number of para-hydroxylation sites is 1. The SMILES string of the molecule is O=[N+]([O-])c1ccc(O)c(C(Cl)(Cl)c2cccc([N+](=O)[O-])c2O)c1. The van der Waals surface area contributed by atoms with Gasteiger partial charge in [-0.15, -0.1) is 0 Å². The van der Waals surface area contributed by atoms with Gasteiger partial charge in [0.1, 0.15) is 5.75 Å². The van der Waals surface area contributed by atoms with Crippen LogP contribution in [0.5, 0.6) is 11.5 Å². The zero-order valence-corrected chi connectivity index (χ0v) is 12.7. The molecule has 0 fully saturated rings. The molecule has 120 valence electrons. The Kier molecular flexibility index (Phi) is 4.31. The predicted octanol–water partition coefficient (Wildman–Crippen LogP) is 3.59. The van der Waals surface area contributed by atoms with Crippen molar-refractivity contribution in [1.29, 1.82) is 0 Å². The fourth-order valence-corrected chi connectivity index (χ4v) is 2.57. The molecule has 2 rings (SSSR count). The molecule has 0 saturated heterocycles. The second kappa shape index (κ2) is 5.90. The molecule has 0 unspecified atom stereocenters. The van der Waals surface area contributed by atoms with Crippen LogP contribution in [-0.4, -0.2) is 20.1 Å². The second-order valence-corrected chi connectivity index (χ2v) is 5.79. The van der Waals surface area contributed by atoms with Gasteiger partial charge in [0.2, 0.25) is 5.75 Å². The molecule has 0 aliphatic heterocycles. The number of aromatic hydroxyl groups is 2. The second-order valence-electron chi connectivity index (χ2n) is 4.46. The van der Waals surface area contributed by atoms with Crippen molar-refractivity contribution >= 4 is 34.6 Å². The number of non-ortho nitro benzene ring substituents is 1. The summed E-state index contributed by atoms with van der Waals surface area (Å²) in [5.74, 6) is -1.26. The van der Waals surface area contributed by atoms with E-state index in [2.05, 4.69) is 0 Å². The average Bonchev–Trinajstić information content (AvgIpc) is 2.46. The van der Waals surface area contributed by atoms with Gasteiger partial charge in [0.15, 0.2) is 4.33 Å². The van der Waals surface area contributed by atoms with Crippen LogP contribution in [-0.2, 0) is 4.33 Å². The Morgan fingerprint density at radius 3 is 2.17 bits per heavy atom. The lowest BCUT2D eigenvalue weighted by molar-refractivity contribution is -0.385. The van der Waals surface area contributed by atoms with E-state index in [4.69, 9.17) is 23.2 Å². The van der Waals surface area contributed by atoms with Gasteiger partial charge in [-0.25, -0.2) is 0 Å². The number of rotatable bonds is 4. The minimum atomic E-state index is -2.15. The molecular weight excluding hydrogens is 351 g/mol. The highest BCUT2D eigenvalue weighted by molar-refractivity contribution is 6.50. The topological polar surface area (TPSA) is 127 Å². The summed E-state index contributed by atoms with van der Waals surface area (Å²) in [5.41, 5.74) is -1.61. The van der Waals surface area contributed by atoms with E-state index < -0.39 is 37.1 Å². The third-order valence-corrected chi connectivity index (χ3v) is 3.89. The molecule has 2 aromatic carbocycles. The zero-order valence-electron chi connectivity index (χ0n) is 11.1. The van der Waals surface area contributed by atoms with Crippen molar-refractivity contribution in [2.24, 2.45) is 0 Å². The first-order valence-corrected chi connectivity index (χ1v) is 6.74. The third kappa shape index (κ3) is 2.99. The third-order valence-electron chi connectivity index (χ3n) is 3.08. The van der Waals surface area contributed by atoms with E-state index in [0.29, 0.717) is 0 Å². The molecule has 0 spiro atoms. The first-order chi connectivity index (χ1) is 10.7. The van der Waals surface area contributed by atoms with Crippen LogP contribution in [0.2, 0.25) is 0 Å². The Bertz CT molecular complexity index is 805. The number of hydrogen-bond donors (Lipinski definition) is 2. The summed E-state index contributed by atoms with van der Waals surface area (Å²) in [6, 6.07) is 6.46. The minimum absolute atomic E-state index is 0.286. The van der Waals surface area contributed by atoms with Crippen LogP contribution in [0.1, 0.15) is 11.1 Å². The molecule has 8 nitrogen and oxygen atoms in total. The molecule has 0 amide bonds. The Labute approximate surface area is 138 Å². The molecule has 0 bridgehead atoms. The van der Waals surface area contributed by atoms with Crippen LogP contribution in [0.25, 0.3) is 0 Å². The first kappa shape index (κ1) is 16.8. The van der Waals surface area contributed by atoms with Crippen LogP contribution in [0, 0.1) is 20.2 Å². The highest BCUT2D eigenvalue weighted by Gasteiger charge is 2.38. The monoisotopic (exact) mass is 358 g/mol. The fourth-order valence-electron chi connectivity index (χ4n) is 1.97. The Morgan fingerprint density at radius 2 is 1.61 bits per heavy atom. The van der Waals surface area contributed by atoms with Crippen LogP contribution in [0.15, 0.2) is 36.4 Å². The number of halogens is 2. The lowest BCUT2D eigenvalue weighted by Gasteiger charge is -2.22. The van der Waals surface area contributed by atoms with E-state index in [1.807, 2.05) is 0 Å². The van der Waals surface area contributed by atoms with Gasteiger partial charge in [0, 0.05) is 29.3 Å².